The number of imidazole rings is 1. The molecule has 1 fully saturated rings. The van der Waals surface area contributed by atoms with Crippen molar-refractivity contribution >= 4 is 17.4 Å². The van der Waals surface area contributed by atoms with E-state index in [9.17, 15) is 14.3 Å². The van der Waals surface area contributed by atoms with Gasteiger partial charge in [-0.15, -0.1) is 5.10 Å². The highest BCUT2D eigenvalue weighted by molar-refractivity contribution is 5.96. The Morgan fingerprint density at radius 2 is 2.03 bits per heavy atom. The zero-order chi connectivity index (χ0) is 25.7. The van der Waals surface area contributed by atoms with Gasteiger partial charge in [-0.05, 0) is 60.7 Å². The third-order valence-corrected chi connectivity index (χ3v) is 6.01. The number of hydrogen-bond donors (Lipinski definition) is 2. The van der Waals surface area contributed by atoms with Gasteiger partial charge in [0.2, 0.25) is 0 Å². The van der Waals surface area contributed by atoms with Gasteiger partial charge in [0, 0.05) is 18.9 Å². The summed E-state index contributed by atoms with van der Waals surface area (Å²) in [5.74, 6) is 0.716. The number of carbonyl (C=O) groups is 1. The lowest BCUT2D eigenvalue weighted by Crippen LogP contribution is -2.24. The second-order valence-corrected chi connectivity index (χ2v) is 8.85. The number of primary amides is 1. The van der Waals surface area contributed by atoms with Crippen LogP contribution in [0.4, 0.5) is 10.2 Å². The van der Waals surface area contributed by atoms with Gasteiger partial charge < -0.3 is 20.5 Å². The summed E-state index contributed by atoms with van der Waals surface area (Å²) in [5, 5.41) is 14.2. The number of para-hydroxylation sites is 1. The van der Waals surface area contributed by atoms with E-state index in [4.69, 9.17) is 10.5 Å². The van der Waals surface area contributed by atoms with Gasteiger partial charge in [0.05, 0.1) is 18.2 Å². The Kier molecular flexibility index (Phi) is 7.68. The van der Waals surface area contributed by atoms with Crippen LogP contribution < -0.4 is 15.4 Å². The molecule has 5 rings (SSSR count). The molecule has 3 heterocycles. The Labute approximate surface area is 209 Å². The molecule has 0 radical (unpaired) electrons. The second kappa shape index (κ2) is 11.1. The van der Waals surface area contributed by atoms with Crippen LogP contribution in [0.2, 0.25) is 0 Å². The van der Waals surface area contributed by atoms with Crippen LogP contribution in [0.25, 0.3) is 5.65 Å². The van der Waals surface area contributed by atoms with Crippen LogP contribution in [0.1, 0.15) is 48.7 Å². The molecule has 9 heteroatoms. The number of aromatic hydroxyl groups is 1. The highest BCUT2D eigenvalue weighted by Crippen LogP contribution is 2.38. The third kappa shape index (κ3) is 5.56. The van der Waals surface area contributed by atoms with E-state index in [1.54, 1.807) is 35.0 Å². The topological polar surface area (TPSA) is 106 Å². The van der Waals surface area contributed by atoms with Crippen LogP contribution in [-0.2, 0) is 0 Å². The molecule has 36 heavy (non-hydrogen) atoms. The Morgan fingerprint density at radius 1 is 1.22 bits per heavy atom. The maximum atomic E-state index is 13.6. The van der Waals surface area contributed by atoms with Gasteiger partial charge in [0.15, 0.2) is 17.1 Å². The summed E-state index contributed by atoms with van der Waals surface area (Å²) in [4.78, 5) is 17.3. The molecule has 2 aromatic heterocycles. The first kappa shape index (κ1) is 25.0. The van der Waals surface area contributed by atoms with Crippen LogP contribution in [-0.4, -0.2) is 38.8 Å². The van der Waals surface area contributed by atoms with Crippen molar-refractivity contribution in [1.82, 2.24) is 14.6 Å². The minimum atomic E-state index is -0.663. The number of benzene rings is 2. The van der Waals surface area contributed by atoms with Gasteiger partial charge in [-0.3, -0.25) is 4.79 Å². The summed E-state index contributed by atoms with van der Waals surface area (Å²) >= 11 is 0. The summed E-state index contributed by atoms with van der Waals surface area (Å²) in [6.07, 6.45) is 5.42. The average Bonchev–Trinajstić information content (AvgIpc) is 3.49. The summed E-state index contributed by atoms with van der Waals surface area (Å²) in [5.41, 5.74) is 6.98. The van der Waals surface area contributed by atoms with Crippen molar-refractivity contribution in [3.63, 3.8) is 0 Å². The Hall–Kier alpha value is -4.14. The number of ether oxygens (including phenoxy) is 1. The van der Waals surface area contributed by atoms with Gasteiger partial charge >= 0.3 is 0 Å². The number of nitrogens with zero attached hydrogens (tertiary/aromatic N) is 4. The van der Waals surface area contributed by atoms with E-state index < -0.39 is 5.91 Å². The highest BCUT2D eigenvalue weighted by atomic mass is 19.1. The van der Waals surface area contributed by atoms with Crippen molar-refractivity contribution in [1.29, 1.82) is 0 Å². The molecule has 0 bridgehead atoms. The number of fused-ring (bicyclic) bond motifs is 1. The number of phenols is 1. The highest BCUT2D eigenvalue weighted by Gasteiger charge is 2.32. The van der Waals surface area contributed by atoms with Crippen molar-refractivity contribution in [2.24, 2.45) is 11.7 Å². The van der Waals surface area contributed by atoms with E-state index in [0.717, 1.165) is 36.4 Å². The van der Waals surface area contributed by atoms with Gasteiger partial charge in [0.1, 0.15) is 11.6 Å². The van der Waals surface area contributed by atoms with Crippen LogP contribution in [0.5, 0.6) is 11.5 Å². The number of nitrogens with two attached hydrogens (primary N) is 1. The first-order valence-electron chi connectivity index (χ1n) is 11.9. The first-order chi connectivity index (χ1) is 17.4. The minimum absolute atomic E-state index is 0.0820. The zero-order valence-electron chi connectivity index (χ0n) is 20.3. The molecule has 188 valence electrons. The van der Waals surface area contributed by atoms with Crippen molar-refractivity contribution in [3.05, 3.63) is 83.9 Å². The molecule has 4 aromatic rings. The number of rotatable bonds is 6. The summed E-state index contributed by atoms with van der Waals surface area (Å²) in [6.45, 7) is 5.60. The van der Waals surface area contributed by atoms with Crippen molar-refractivity contribution in [2.75, 3.05) is 18.1 Å². The zero-order valence-corrected chi connectivity index (χ0v) is 20.3. The standard InChI is InChI=1S/C17H17FN4.C10H13NO3/c1-12-9-15(13-3-2-4-14(18)10-13)21(11-12)17-6-5-16-19-7-8-22(16)20-17;1-2-6-14-8-5-3-4-7(9(8)12)10(11)13/h2-8,10,12,15H,9,11H2,1H3;3-5,12H,2,6H2,1H3,(H2,11,13)/t12-,15+;/m0./s1. The lowest BCUT2D eigenvalue weighted by molar-refractivity contribution is 0.0997. The molecule has 2 atom stereocenters. The third-order valence-electron chi connectivity index (χ3n) is 6.01. The second-order valence-electron chi connectivity index (χ2n) is 8.85. The largest absolute Gasteiger partial charge is 0.504 e. The SMILES string of the molecule is CCCOc1cccc(C(N)=O)c1O.C[C@H]1C[C@H](c2cccc(F)c2)N(c2ccc3nccn3n2)C1. The average molecular weight is 492 g/mol. The number of halogens is 1. The van der Waals surface area contributed by atoms with E-state index in [-0.39, 0.29) is 23.2 Å². The molecule has 0 saturated carbocycles. The fourth-order valence-corrected chi connectivity index (χ4v) is 4.34. The van der Waals surface area contributed by atoms with Crippen LogP contribution in [0.15, 0.2) is 67.0 Å². The smallest absolute Gasteiger partial charge is 0.252 e. The van der Waals surface area contributed by atoms with Crippen molar-refractivity contribution in [3.8, 4) is 11.5 Å². The minimum Gasteiger partial charge on any atom is -0.504 e. The molecule has 8 nitrogen and oxygen atoms in total. The summed E-state index contributed by atoms with van der Waals surface area (Å²) in [7, 11) is 0. The van der Waals surface area contributed by atoms with E-state index in [1.807, 2.05) is 31.3 Å². The molecule has 0 unspecified atom stereocenters. The van der Waals surface area contributed by atoms with Gasteiger partial charge in [-0.25, -0.2) is 13.9 Å². The maximum Gasteiger partial charge on any atom is 0.252 e. The normalized spacial score (nSPS) is 17.0. The molecule has 1 aliphatic heterocycles. The Bertz CT molecular complexity index is 1340. The molecule has 1 aliphatic rings. The quantitative estimate of drug-likeness (QED) is 0.404. The number of hydrogen-bond acceptors (Lipinski definition) is 6. The molecule has 2 aromatic carbocycles. The maximum absolute atomic E-state index is 13.6. The van der Waals surface area contributed by atoms with E-state index in [1.165, 1.54) is 12.1 Å². The first-order valence-corrected chi connectivity index (χ1v) is 11.9. The Balaban J connectivity index is 0.000000189. The van der Waals surface area contributed by atoms with Gasteiger partial charge in [0.25, 0.3) is 5.91 Å². The monoisotopic (exact) mass is 491 g/mol. The number of aromatic nitrogens is 3. The lowest BCUT2D eigenvalue weighted by atomic mass is 10.0. The van der Waals surface area contributed by atoms with E-state index >= 15 is 0 Å². The molecular formula is C27H30FN5O3. The molecule has 0 aliphatic carbocycles. The van der Waals surface area contributed by atoms with Crippen LogP contribution >= 0.6 is 0 Å². The van der Waals surface area contributed by atoms with Crippen molar-refractivity contribution < 1.29 is 19.0 Å². The fraction of sp³-hybridized carbons (Fsp3) is 0.296. The predicted molar refractivity (Wildman–Crippen MR) is 136 cm³/mol. The van der Waals surface area contributed by atoms with E-state index in [2.05, 4.69) is 21.9 Å². The number of amides is 1. The fourth-order valence-electron chi connectivity index (χ4n) is 4.34. The summed E-state index contributed by atoms with van der Waals surface area (Å²) in [6, 6.07) is 15.7. The summed E-state index contributed by atoms with van der Waals surface area (Å²) < 4.78 is 20.6. The predicted octanol–water partition coefficient (Wildman–Crippen LogP) is 4.74. The van der Waals surface area contributed by atoms with E-state index in [0.29, 0.717) is 18.3 Å². The molecule has 1 saturated heterocycles. The van der Waals surface area contributed by atoms with Crippen molar-refractivity contribution in [2.45, 2.75) is 32.7 Å². The van der Waals surface area contributed by atoms with Crippen LogP contribution in [0, 0.1) is 11.7 Å². The molecular weight excluding hydrogens is 461 g/mol. The van der Waals surface area contributed by atoms with Gasteiger partial charge in [-0.1, -0.05) is 32.0 Å². The van der Waals surface area contributed by atoms with Gasteiger partial charge in [-0.2, -0.15) is 0 Å². The lowest BCUT2D eigenvalue weighted by Gasteiger charge is -2.26. The van der Waals surface area contributed by atoms with Crippen LogP contribution in [0.3, 0.4) is 0 Å². The molecule has 3 N–H and O–H groups in total. The molecule has 0 spiro atoms. The number of carbonyl (C=O) groups excluding carboxylic acids is 1. The number of anilines is 1. The molecule has 1 amide bonds. The Morgan fingerprint density at radius 3 is 2.78 bits per heavy atom.